The van der Waals surface area contributed by atoms with E-state index in [1.165, 1.54) is 0 Å². The Kier molecular flexibility index (Phi) is 4.95. The molecular formula is C17H20N4O. The van der Waals surface area contributed by atoms with Gasteiger partial charge in [-0.05, 0) is 26.0 Å². The largest absolute Gasteiger partial charge is 0.334 e. The highest BCUT2D eigenvalue weighted by Gasteiger charge is 2.17. The summed E-state index contributed by atoms with van der Waals surface area (Å²) in [7, 11) is 1.72. The van der Waals surface area contributed by atoms with Crippen molar-refractivity contribution < 1.29 is 4.79 Å². The second-order valence-corrected chi connectivity index (χ2v) is 5.51. The first-order chi connectivity index (χ1) is 10.5. The van der Waals surface area contributed by atoms with Gasteiger partial charge in [-0.25, -0.2) is 4.79 Å². The number of benzene rings is 1. The Morgan fingerprint density at radius 3 is 2.77 bits per heavy atom. The van der Waals surface area contributed by atoms with E-state index in [0.29, 0.717) is 6.54 Å². The molecule has 0 radical (unpaired) electrons. The number of nitrogens with one attached hydrogen (secondary N) is 1. The molecule has 1 unspecified atom stereocenters. The fourth-order valence-corrected chi connectivity index (χ4v) is 2.05. The van der Waals surface area contributed by atoms with Gasteiger partial charge in [0.05, 0.1) is 29.7 Å². The number of aromatic nitrogens is 1. The molecule has 0 saturated carbocycles. The molecule has 2 rings (SSSR count). The first kappa shape index (κ1) is 15.8. The van der Waals surface area contributed by atoms with Crippen LogP contribution in [-0.4, -0.2) is 29.0 Å². The third-order valence-corrected chi connectivity index (χ3v) is 3.71. The lowest BCUT2D eigenvalue weighted by Gasteiger charge is -2.22. The van der Waals surface area contributed by atoms with E-state index in [4.69, 9.17) is 5.26 Å². The Hall–Kier alpha value is -2.61. The number of hydrogen-bond acceptors (Lipinski definition) is 3. The molecule has 2 aromatic rings. The van der Waals surface area contributed by atoms with E-state index < -0.39 is 0 Å². The highest BCUT2D eigenvalue weighted by atomic mass is 16.2. The maximum atomic E-state index is 12.1. The first-order valence-corrected chi connectivity index (χ1v) is 7.27. The molecule has 5 heteroatoms. The van der Waals surface area contributed by atoms with E-state index in [0.717, 1.165) is 16.6 Å². The van der Waals surface area contributed by atoms with E-state index >= 15 is 0 Å². The van der Waals surface area contributed by atoms with Crippen LogP contribution in [0.1, 0.15) is 19.5 Å². The molecule has 1 aromatic heterocycles. The average Bonchev–Trinajstić information content (AvgIpc) is 2.53. The Morgan fingerprint density at radius 2 is 2.05 bits per heavy atom. The zero-order chi connectivity index (χ0) is 16.1. The monoisotopic (exact) mass is 296 g/mol. The van der Waals surface area contributed by atoms with Crippen molar-refractivity contribution in [2.45, 2.75) is 26.4 Å². The molecule has 1 aromatic carbocycles. The number of fused-ring (bicyclic) bond motifs is 1. The van der Waals surface area contributed by atoms with E-state index in [1.807, 2.05) is 43.3 Å². The van der Waals surface area contributed by atoms with Crippen LogP contribution in [0.15, 0.2) is 36.4 Å². The summed E-state index contributed by atoms with van der Waals surface area (Å²) in [5.41, 5.74) is 1.75. The van der Waals surface area contributed by atoms with Crippen molar-refractivity contribution in [3.63, 3.8) is 0 Å². The minimum absolute atomic E-state index is 0.190. The fraction of sp³-hybridized carbons (Fsp3) is 0.353. The summed E-state index contributed by atoms with van der Waals surface area (Å²) in [6.45, 7) is 4.04. The van der Waals surface area contributed by atoms with Crippen LogP contribution >= 0.6 is 0 Å². The van der Waals surface area contributed by atoms with E-state index in [-0.39, 0.29) is 18.0 Å². The number of carbonyl (C=O) groups is 1. The van der Waals surface area contributed by atoms with Crippen LogP contribution in [0.2, 0.25) is 0 Å². The molecule has 0 aliphatic carbocycles. The summed E-state index contributed by atoms with van der Waals surface area (Å²) in [5, 5.41) is 12.8. The number of pyridine rings is 1. The summed E-state index contributed by atoms with van der Waals surface area (Å²) in [6.07, 6.45) is 0. The van der Waals surface area contributed by atoms with Gasteiger partial charge in [0.25, 0.3) is 0 Å². The number of carbonyl (C=O) groups excluding carboxylic acids is 1. The molecule has 0 bridgehead atoms. The van der Waals surface area contributed by atoms with Gasteiger partial charge in [0.2, 0.25) is 0 Å². The number of para-hydroxylation sites is 1. The number of rotatable bonds is 4. The lowest BCUT2D eigenvalue weighted by molar-refractivity contribution is 0.201. The zero-order valence-corrected chi connectivity index (χ0v) is 13.1. The van der Waals surface area contributed by atoms with Gasteiger partial charge in [-0.15, -0.1) is 0 Å². The molecule has 2 atom stereocenters. The molecule has 0 aliphatic heterocycles. The molecular weight excluding hydrogens is 276 g/mol. The van der Waals surface area contributed by atoms with E-state index in [1.54, 1.807) is 18.9 Å². The fourth-order valence-electron chi connectivity index (χ4n) is 2.05. The summed E-state index contributed by atoms with van der Waals surface area (Å²) in [5.74, 6) is -0.226. The molecule has 5 nitrogen and oxygen atoms in total. The Labute approximate surface area is 130 Å². The Balaban J connectivity index is 2.02. The zero-order valence-electron chi connectivity index (χ0n) is 13.1. The van der Waals surface area contributed by atoms with Gasteiger partial charge in [0.1, 0.15) is 0 Å². The predicted molar refractivity (Wildman–Crippen MR) is 86.0 cm³/mol. The number of nitriles is 1. The minimum atomic E-state index is -0.226. The first-order valence-electron chi connectivity index (χ1n) is 7.27. The van der Waals surface area contributed by atoms with Crippen molar-refractivity contribution >= 4 is 16.9 Å². The molecule has 0 fully saturated rings. The van der Waals surface area contributed by atoms with Crippen molar-refractivity contribution in [2.75, 3.05) is 7.05 Å². The maximum Gasteiger partial charge on any atom is 0.317 e. The molecule has 22 heavy (non-hydrogen) atoms. The number of urea groups is 1. The minimum Gasteiger partial charge on any atom is -0.334 e. The van der Waals surface area contributed by atoms with Gasteiger partial charge >= 0.3 is 6.03 Å². The molecule has 0 aliphatic rings. The maximum absolute atomic E-state index is 12.1. The SMILES string of the molecule is CC(C#N)[C@H](C)NC(=O)N(C)Cc1ccc2ccccc2n1. The highest BCUT2D eigenvalue weighted by Crippen LogP contribution is 2.12. The standard InChI is InChI=1S/C17H20N4O/c1-12(10-18)13(2)19-17(22)21(3)11-15-9-8-14-6-4-5-7-16(14)20-15/h4-9,12-13H,11H2,1-3H3,(H,19,22)/t12?,13-/m0/s1. The lowest BCUT2D eigenvalue weighted by Crippen LogP contribution is -2.43. The van der Waals surface area contributed by atoms with Crippen LogP contribution in [0, 0.1) is 17.2 Å². The molecule has 114 valence electrons. The summed E-state index contributed by atoms with van der Waals surface area (Å²) in [6, 6.07) is 13.5. The van der Waals surface area contributed by atoms with Crippen LogP contribution < -0.4 is 5.32 Å². The smallest absolute Gasteiger partial charge is 0.317 e. The second-order valence-electron chi connectivity index (χ2n) is 5.51. The Morgan fingerprint density at radius 1 is 1.32 bits per heavy atom. The molecule has 1 heterocycles. The molecule has 1 N–H and O–H groups in total. The van der Waals surface area contributed by atoms with E-state index in [2.05, 4.69) is 16.4 Å². The number of nitrogens with zero attached hydrogens (tertiary/aromatic N) is 3. The van der Waals surface area contributed by atoms with E-state index in [9.17, 15) is 4.79 Å². The van der Waals surface area contributed by atoms with Crippen molar-refractivity contribution in [1.29, 1.82) is 5.26 Å². The van der Waals surface area contributed by atoms with Crippen molar-refractivity contribution in [1.82, 2.24) is 15.2 Å². The molecule has 0 saturated heterocycles. The molecule has 2 amide bonds. The normalized spacial score (nSPS) is 13.2. The van der Waals surface area contributed by atoms with Crippen LogP contribution in [0.4, 0.5) is 4.79 Å². The van der Waals surface area contributed by atoms with Crippen LogP contribution in [0.5, 0.6) is 0 Å². The summed E-state index contributed by atoms with van der Waals surface area (Å²) < 4.78 is 0. The third-order valence-electron chi connectivity index (χ3n) is 3.71. The van der Waals surface area contributed by atoms with Crippen LogP contribution in [0.25, 0.3) is 10.9 Å². The van der Waals surface area contributed by atoms with Crippen LogP contribution in [-0.2, 0) is 6.54 Å². The van der Waals surface area contributed by atoms with Crippen molar-refractivity contribution in [3.8, 4) is 6.07 Å². The number of amides is 2. The second kappa shape index (κ2) is 6.90. The van der Waals surface area contributed by atoms with Crippen molar-refractivity contribution in [3.05, 3.63) is 42.1 Å². The summed E-state index contributed by atoms with van der Waals surface area (Å²) in [4.78, 5) is 18.2. The average molecular weight is 296 g/mol. The van der Waals surface area contributed by atoms with Crippen LogP contribution in [0.3, 0.4) is 0 Å². The van der Waals surface area contributed by atoms with Gasteiger partial charge in [-0.3, -0.25) is 4.98 Å². The molecule has 0 spiro atoms. The van der Waals surface area contributed by atoms with Gasteiger partial charge in [0.15, 0.2) is 0 Å². The predicted octanol–water partition coefficient (Wildman–Crippen LogP) is 2.92. The van der Waals surface area contributed by atoms with Crippen molar-refractivity contribution in [2.24, 2.45) is 5.92 Å². The third kappa shape index (κ3) is 3.73. The van der Waals surface area contributed by atoms with Gasteiger partial charge in [-0.1, -0.05) is 24.3 Å². The Bertz CT molecular complexity index is 707. The lowest BCUT2D eigenvalue weighted by atomic mass is 10.1. The topological polar surface area (TPSA) is 69.0 Å². The van der Waals surface area contributed by atoms with Gasteiger partial charge < -0.3 is 10.2 Å². The van der Waals surface area contributed by atoms with Gasteiger partial charge in [-0.2, -0.15) is 5.26 Å². The van der Waals surface area contributed by atoms with Gasteiger partial charge in [0, 0.05) is 18.5 Å². The summed E-state index contributed by atoms with van der Waals surface area (Å²) >= 11 is 0. The quantitative estimate of drug-likeness (QED) is 0.943. The highest BCUT2D eigenvalue weighted by molar-refractivity contribution is 5.78. The number of hydrogen-bond donors (Lipinski definition) is 1.